The molecule has 1 aliphatic carbocycles. The molecule has 1 aliphatic rings. The molecule has 1 aromatic rings. The molecule has 0 amide bonds. The van der Waals surface area contributed by atoms with Crippen LogP contribution in [0.3, 0.4) is 0 Å². The average molecular weight is 233 g/mol. The lowest BCUT2D eigenvalue weighted by Crippen LogP contribution is -2.24. The quantitative estimate of drug-likeness (QED) is 0.864. The van der Waals surface area contributed by atoms with Crippen LogP contribution in [0.4, 0.5) is 0 Å². The molecule has 1 fully saturated rings. The van der Waals surface area contributed by atoms with Crippen molar-refractivity contribution in [3.05, 3.63) is 29.8 Å². The first-order chi connectivity index (χ1) is 8.15. The van der Waals surface area contributed by atoms with Crippen LogP contribution in [0.5, 0.6) is 5.75 Å². The van der Waals surface area contributed by atoms with Gasteiger partial charge in [0.2, 0.25) is 0 Å². The van der Waals surface area contributed by atoms with Crippen LogP contribution in [0, 0.1) is 5.92 Å². The first-order valence-corrected chi connectivity index (χ1v) is 6.67. The molecule has 1 saturated carbocycles. The maximum absolute atomic E-state index is 6.02. The second-order valence-corrected chi connectivity index (χ2v) is 5.37. The van der Waals surface area contributed by atoms with Crippen molar-refractivity contribution in [2.75, 3.05) is 0 Å². The van der Waals surface area contributed by atoms with Gasteiger partial charge < -0.3 is 10.5 Å². The van der Waals surface area contributed by atoms with E-state index < -0.39 is 0 Å². The zero-order valence-corrected chi connectivity index (χ0v) is 10.9. The van der Waals surface area contributed by atoms with Crippen LogP contribution >= 0.6 is 0 Å². The van der Waals surface area contributed by atoms with E-state index >= 15 is 0 Å². The van der Waals surface area contributed by atoms with Gasteiger partial charge in [-0.05, 0) is 49.8 Å². The maximum Gasteiger partial charge on any atom is 0.119 e. The molecule has 0 aliphatic heterocycles. The van der Waals surface area contributed by atoms with Gasteiger partial charge in [0.1, 0.15) is 5.75 Å². The fourth-order valence-electron chi connectivity index (χ4n) is 2.53. The molecule has 3 atom stereocenters. The predicted molar refractivity (Wildman–Crippen MR) is 71.1 cm³/mol. The molecule has 2 nitrogen and oxygen atoms in total. The zero-order valence-electron chi connectivity index (χ0n) is 10.9. The monoisotopic (exact) mass is 233 g/mol. The largest absolute Gasteiger partial charge is 0.490 e. The number of rotatable bonds is 3. The van der Waals surface area contributed by atoms with Gasteiger partial charge in [-0.1, -0.05) is 25.5 Å². The van der Waals surface area contributed by atoms with E-state index in [0.717, 1.165) is 17.2 Å². The van der Waals surface area contributed by atoms with E-state index in [1.807, 2.05) is 19.1 Å². The van der Waals surface area contributed by atoms with Crippen molar-refractivity contribution in [3.8, 4) is 5.75 Å². The van der Waals surface area contributed by atoms with Crippen molar-refractivity contribution in [1.29, 1.82) is 0 Å². The van der Waals surface area contributed by atoms with Crippen LogP contribution in [0.2, 0.25) is 0 Å². The molecule has 1 aromatic carbocycles. The van der Waals surface area contributed by atoms with E-state index in [1.54, 1.807) is 0 Å². The van der Waals surface area contributed by atoms with Crippen LogP contribution in [0.15, 0.2) is 24.3 Å². The highest BCUT2D eigenvalue weighted by molar-refractivity contribution is 5.28. The summed E-state index contributed by atoms with van der Waals surface area (Å²) in [6, 6.07) is 8.30. The smallest absolute Gasteiger partial charge is 0.119 e. The van der Waals surface area contributed by atoms with Crippen LogP contribution in [-0.2, 0) is 0 Å². The Morgan fingerprint density at radius 1 is 1.24 bits per heavy atom. The molecular weight excluding hydrogens is 210 g/mol. The molecule has 2 heteroatoms. The summed E-state index contributed by atoms with van der Waals surface area (Å²) < 4.78 is 6.02. The highest BCUT2D eigenvalue weighted by atomic mass is 16.5. The van der Waals surface area contributed by atoms with E-state index in [2.05, 4.69) is 19.1 Å². The van der Waals surface area contributed by atoms with Gasteiger partial charge in [0, 0.05) is 6.04 Å². The molecular formula is C15H23NO. The fourth-order valence-corrected chi connectivity index (χ4v) is 2.53. The van der Waals surface area contributed by atoms with Gasteiger partial charge in [-0.15, -0.1) is 0 Å². The number of benzene rings is 1. The van der Waals surface area contributed by atoms with Crippen LogP contribution in [0.25, 0.3) is 0 Å². The van der Waals surface area contributed by atoms with Crippen LogP contribution in [-0.4, -0.2) is 6.10 Å². The van der Waals surface area contributed by atoms with Crippen molar-refractivity contribution in [1.82, 2.24) is 0 Å². The first-order valence-electron chi connectivity index (χ1n) is 6.67. The molecule has 0 heterocycles. The van der Waals surface area contributed by atoms with E-state index in [4.69, 9.17) is 10.5 Å². The van der Waals surface area contributed by atoms with E-state index in [1.165, 1.54) is 25.7 Å². The SMILES string of the molecule is CC1CCCC(Oc2ccc(C(C)N)cc2)C1. The van der Waals surface area contributed by atoms with Crippen molar-refractivity contribution in [3.63, 3.8) is 0 Å². The summed E-state index contributed by atoms with van der Waals surface area (Å²) in [5.74, 6) is 1.78. The second kappa shape index (κ2) is 5.54. The van der Waals surface area contributed by atoms with Gasteiger partial charge in [-0.2, -0.15) is 0 Å². The summed E-state index contributed by atoms with van der Waals surface area (Å²) in [5.41, 5.74) is 6.99. The molecule has 0 spiro atoms. The molecule has 2 N–H and O–H groups in total. The average Bonchev–Trinajstić information content (AvgIpc) is 2.29. The number of nitrogens with two attached hydrogens (primary N) is 1. The summed E-state index contributed by atoms with van der Waals surface area (Å²) in [6.07, 6.45) is 5.43. The minimum absolute atomic E-state index is 0.0961. The molecule has 0 bridgehead atoms. The standard InChI is InChI=1S/C15H23NO/c1-11-4-3-5-15(10-11)17-14-8-6-13(7-9-14)12(2)16/h6-9,11-12,15H,3-5,10,16H2,1-2H3. The number of ether oxygens (including phenoxy) is 1. The van der Waals surface area contributed by atoms with Crippen LogP contribution in [0.1, 0.15) is 51.1 Å². The molecule has 3 unspecified atom stereocenters. The predicted octanol–water partition coefficient (Wildman–Crippen LogP) is 3.66. The Hall–Kier alpha value is -1.02. The highest BCUT2D eigenvalue weighted by Crippen LogP contribution is 2.27. The summed E-state index contributed by atoms with van der Waals surface area (Å²) in [7, 11) is 0. The minimum atomic E-state index is 0.0961. The third-order valence-corrected chi connectivity index (χ3v) is 3.60. The third kappa shape index (κ3) is 3.47. The topological polar surface area (TPSA) is 35.2 Å². The van der Waals surface area contributed by atoms with Crippen molar-refractivity contribution >= 4 is 0 Å². The van der Waals surface area contributed by atoms with Gasteiger partial charge in [-0.3, -0.25) is 0 Å². The van der Waals surface area contributed by atoms with Crippen molar-refractivity contribution < 1.29 is 4.74 Å². The maximum atomic E-state index is 6.02. The Labute approximate surface area is 104 Å². The van der Waals surface area contributed by atoms with Gasteiger partial charge in [0.25, 0.3) is 0 Å². The molecule has 0 aromatic heterocycles. The van der Waals surface area contributed by atoms with Crippen LogP contribution < -0.4 is 10.5 Å². The van der Waals surface area contributed by atoms with Gasteiger partial charge >= 0.3 is 0 Å². The minimum Gasteiger partial charge on any atom is -0.490 e. The number of hydrogen-bond donors (Lipinski definition) is 1. The van der Waals surface area contributed by atoms with E-state index in [9.17, 15) is 0 Å². The van der Waals surface area contributed by atoms with Gasteiger partial charge in [-0.25, -0.2) is 0 Å². The molecule has 0 radical (unpaired) electrons. The Kier molecular flexibility index (Phi) is 4.06. The lowest BCUT2D eigenvalue weighted by molar-refractivity contribution is 0.129. The molecule has 94 valence electrons. The molecule has 0 saturated heterocycles. The summed E-state index contributed by atoms with van der Waals surface area (Å²) in [4.78, 5) is 0. The van der Waals surface area contributed by atoms with E-state index in [0.29, 0.717) is 6.10 Å². The van der Waals surface area contributed by atoms with Gasteiger partial charge in [0.05, 0.1) is 6.10 Å². The Bertz CT molecular complexity index is 344. The highest BCUT2D eigenvalue weighted by Gasteiger charge is 2.20. The van der Waals surface area contributed by atoms with Crippen molar-refractivity contribution in [2.45, 2.75) is 51.7 Å². The van der Waals surface area contributed by atoms with Gasteiger partial charge in [0.15, 0.2) is 0 Å². The van der Waals surface area contributed by atoms with E-state index in [-0.39, 0.29) is 6.04 Å². The molecule has 17 heavy (non-hydrogen) atoms. The summed E-state index contributed by atoms with van der Waals surface area (Å²) >= 11 is 0. The Morgan fingerprint density at radius 2 is 1.94 bits per heavy atom. The molecule has 2 rings (SSSR count). The second-order valence-electron chi connectivity index (χ2n) is 5.37. The Morgan fingerprint density at radius 3 is 2.53 bits per heavy atom. The lowest BCUT2D eigenvalue weighted by atomic mass is 9.89. The fraction of sp³-hybridized carbons (Fsp3) is 0.600. The lowest BCUT2D eigenvalue weighted by Gasteiger charge is -2.27. The normalized spacial score (nSPS) is 26.5. The summed E-state index contributed by atoms with van der Waals surface area (Å²) in [5, 5.41) is 0. The van der Waals surface area contributed by atoms with Crippen molar-refractivity contribution in [2.24, 2.45) is 11.7 Å². The number of hydrogen-bond acceptors (Lipinski definition) is 2. The Balaban J connectivity index is 1.94. The zero-order chi connectivity index (χ0) is 12.3. The first kappa shape index (κ1) is 12.4. The summed E-state index contributed by atoms with van der Waals surface area (Å²) in [6.45, 7) is 4.31. The third-order valence-electron chi connectivity index (χ3n) is 3.60.